The van der Waals surface area contributed by atoms with Crippen molar-refractivity contribution in [3.8, 4) is 0 Å². The summed E-state index contributed by atoms with van der Waals surface area (Å²) < 4.78 is 0. The van der Waals surface area contributed by atoms with Crippen LogP contribution in [0.5, 0.6) is 0 Å². The summed E-state index contributed by atoms with van der Waals surface area (Å²) >= 11 is 0. The Balaban J connectivity index is -0.0000000101. The fourth-order valence-electron chi connectivity index (χ4n) is 0. The molecule has 0 aromatic carbocycles. The first-order valence-corrected chi connectivity index (χ1v) is 4.21. The van der Waals surface area contributed by atoms with E-state index in [4.69, 9.17) is 11.5 Å². The zero-order valence-corrected chi connectivity index (χ0v) is 12.1. The van der Waals surface area contributed by atoms with Crippen LogP contribution >= 0.6 is 0 Å². The zero-order valence-electron chi connectivity index (χ0n) is 9.75. The van der Waals surface area contributed by atoms with E-state index in [0.717, 1.165) is 0 Å². The van der Waals surface area contributed by atoms with Gasteiger partial charge < -0.3 is 18.9 Å². The summed E-state index contributed by atoms with van der Waals surface area (Å²) in [6, 6.07) is 0. The first kappa shape index (κ1) is 39.0. The third-order valence-corrected chi connectivity index (χ3v) is 0.125. The van der Waals surface area contributed by atoms with Crippen LogP contribution in [0.25, 0.3) is 11.5 Å². The summed E-state index contributed by atoms with van der Waals surface area (Å²) in [4.78, 5) is 0. The molecular weight excluding hydrogens is 328 g/mol. The van der Waals surface area contributed by atoms with E-state index in [1.165, 1.54) is 0 Å². The monoisotopic (exact) mass is 356 g/mol. The zero-order chi connectivity index (χ0) is 9.41. The minimum atomic E-state index is 0. The normalized spacial score (nSPS) is 4.00. The maximum absolute atomic E-state index is 6.26. The van der Waals surface area contributed by atoms with Crippen LogP contribution in [0.15, 0.2) is 0 Å². The molecule has 0 aliphatic heterocycles. The van der Waals surface area contributed by atoms with Crippen LogP contribution in [0.2, 0.25) is 0 Å². The summed E-state index contributed by atoms with van der Waals surface area (Å²) in [6.45, 7) is 12.5. The number of hydrogen-bond acceptors (Lipinski definition) is 0. The van der Waals surface area contributed by atoms with Crippen LogP contribution in [-0.4, -0.2) is 13.1 Å². The van der Waals surface area contributed by atoms with Crippen LogP contribution in [0.3, 0.4) is 0 Å². The molecule has 0 aromatic heterocycles. The average Bonchev–Trinajstić information content (AvgIpc) is 2.14. The van der Waals surface area contributed by atoms with Gasteiger partial charge in [0.05, 0.1) is 0 Å². The van der Waals surface area contributed by atoms with Crippen molar-refractivity contribution >= 4 is 0 Å². The van der Waals surface area contributed by atoms with Crippen molar-refractivity contribution in [1.82, 2.24) is 0 Å². The summed E-state index contributed by atoms with van der Waals surface area (Å²) in [6.07, 6.45) is 0. The molecule has 0 rings (SSSR count). The second kappa shape index (κ2) is 196. The van der Waals surface area contributed by atoms with Gasteiger partial charge in [-0.1, -0.05) is 41.5 Å². The smallest absolute Gasteiger partial charge is 0.679 e. The van der Waals surface area contributed by atoms with Gasteiger partial charge in [-0.15, -0.1) is 0 Å². The molecule has 0 aromatic rings. The second-order valence-electron chi connectivity index (χ2n) is 0.500. The second-order valence-corrected chi connectivity index (χ2v) is 0.500. The minimum Gasteiger partial charge on any atom is -0.679 e. The van der Waals surface area contributed by atoms with Crippen molar-refractivity contribution in [3.63, 3.8) is 0 Å². The van der Waals surface area contributed by atoms with Gasteiger partial charge in [0.15, 0.2) is 0 Å². The van der Waals surface area contributed by atoms with E-state index in [2.05, 4.69) is 0 Å². The molecule has 0 bridgehead atoms. The summed E-state index contributed by atoms with van der Waals surface area (Å²) in [5.41, 5.74) is 12.5. The van der Waals surface area contributed by atoms with Gasteiger partial charge in [0.25, 0.3) is 0 Å². The van der Waals surface area contributed by atoms with E-state index in [1.807, 2.05) is 41.5 Å². The van der Waals surface area contributed by atoms with Crippen LogP contribution in [0.1, 0.15) is 41.5 Å². The molecule has 0 aliphatic rings. The van der Waals surface area contributed by atoms with Crippen LogP contribution in [-0.2, 0) is 20.1 Å². The molecule has 0 heterocycles. The van der Waals surface area contributed by atoms with Gasteiger partial charge in [0.1, 0.15) is 0 Å². The van der Waals surface area contributed by atoms with Crippen LogP contribution in [0, 0.1) is 7.43 Å². The molecule has 0 atom stereocenters. The van der Waals surface area contributed by atoms with Gasteiger partial charge in [-0.25, -0.2) is 0 Å². The standard InChI is InChI=1S/C2H6N2.3C2H6.CH3.Ir/c3-1-2-4;3*1-2;;/h3-4H,1-2H2;3*1-2H3;1H3;/q-2;;;;-1;+3. The first-order valence-electron chi connectivity index (χ1n) is 4.21. The Morgan fingerprint density at radius 3 is 0.750 bits per heavy atom. The van der Waals surface area contributed by atoms with Gasteiger partial charge in [-0.2, -0.15) is 13.1 Å². The number of rotatable bonds is 1. The van der Waals surface area contributed by atoms with Crippen molar-refractivity contribution in [2.75, 3.05) is 13.1 Å². The molecule has 12 heavy (non-hydrogen) atoms. The van der Waals surface area contributed by atoms with E-state index in [9.17, 15) is 0 Å². The largest absolute Gasteiger partial charge is 3.00 e. The average molecular weight is 356 g/mol. The molecular formula is C9H27IrN2. The molecule has 0 radical (unpaired) electrons. The topological polar surface area (TPSA) is 47.6 Å². The third kappa shape index (κ3) is 393. The van der Waals surface area contributed by atoms with Gasteiger partial charge in [-0.3, -0.25) is 0 Å². The first-order chi connectivity index (χ1) is 4.91. The van der Waals surface area contributed by atoms with Crippen molar-refractivity contribution in [3.05, 3.63) is 18.9 Å². The summed E-state index contributed by atoms with van der Waals surface area (Å²) in [5.74, 6) is 0. The third-order valence-electron chi connectivity index (χ3n) is 0.125. The molecule has 0 unspecified atom stereocenters. The maximum atomic E-state index is 6.26. The maximum Gasteiger partial charge on any atom is 3.00 e. The van der Waals surface area contributed by atoms with E-state index < -0.39 is 0 Å². The Hall–Kier alpha value is 0.569. The van der Waals surface area contributed by atoms with Gasteiger partial charge >= 0.3 is 20.1 Å². The Morgan fingerprint density at radius 1 is 0.667 bits per heavy atom. The number of nitrogens with one attached hydrogen (secondary N) is 2. The quantitative estimate of drug-likeness (QED) is 0.616. The minimum absolute atomic E-state index is 0. The van der Waals surface area contributed by atoms with Crippen LogP contribution in [0.4, 0.5) is 0 Å². The van der Waals surface area contributed by atoms with Crippen molar-refractivity contribution in [2.24, 2.45) is 0 Å². The number of hydrogen-bond donors (Lipinski definition) is 0. The van der Waals surface area contributed by atoms with Crippen molar-refractivity contribution in [2.45, 2.75) is 41.5 Å². The molecule has 2 N–H and O–H groups in total. The molecule has 3 heteroatoms. The molecule has 0 aliphatic carbocycles. The van der Waals surface area contributed by atoms with E-state index in [1.54, 1.807) is 0 Å². The van der Waals surface area contributed by atoms with Crippen molar-refractivity contribution in [1.29, 1.82) is 0 Å². The predicted molar refractivity (Wildman–Crippen MR) is 58.8 cm³/mol. The Kier molecular flexibility index (Phi) is 636. The molecule has 2 nitrogen and oxygen atoms in total. The summed E-state index contributed by atoms with van der Waals surface area (Å²) in [7, 11) is 0. The molecule has 0 saturated heterocycles. The molecule has 82 valence electrons. The fraction of sp³-hybridized carbons (Fsp3) is 0.889. The Morgan fingerprint density at radius 2 is 0.750 bits per heavy atom. The Bertz CT molecular complexity index is 14.5. The fourth-order valence-corrected chi connectivity index (χ4v) is 0. The molecule has 0 fully saturated rings. The molecule has 0 spiro atoms. The van der Waals surface area contributed by atoms with E-state index >= 15 is 0 Å². The summed E-state index contributed by atoms with van der Waals surface area (Å²) in [5, 5.41) is 0. The molecule has 0 amide bonds. The van der Waals surface area contributed by atoms with Gasteiger partial charge in [-0.05, 0) is 0 Å². The predicted octanol–water partition coefficient (Wildman–Crippen LogP) is 4.62. The van der Waals surface area contributed by atoms with Gasteiger partial charge in [0, 0.05) is 0 Å². The molecule has 0 saturated carbocycles. The van der Waals surface area contributed by atoms with Gasteiger partial charge in [0.2, 0.25) is 0 Å². The SMILES string of the molecule is CC.CC.CC.[CH3-].[Ir+3].[NH-]CC[NH-]. The van der Waals surface area contributed by atoms with Crippen LogP contribution < -0.4 is 0 Å². The van der Waals surface area contributed by atoms with E-state index in [-0.39, 0.29) is 40.6 Å². The van der Waals surface area contributed by atoms with Crippen molar-refractivity contribution < 1.29 is 20.1 Å². The Labute approximate surface area is 93.8 Å². The van der Waals surface area contributed by atoms with E-state index in [0.29, 0.717) is 0 Å².